The molecule has 1 aliphatic rings. The average molecular weight is 208 g/mol. The van der Waals surface area contributed by atoms with Crippen molar-refractivity contribution in [2.75, 3.05) is 0 Å². The van der Waals surface area contributed by atoms with Gasteiger partial charge in [0, 0.05) is 0 Å². The molecule has 1 rings (SSSR count). The minimum Gasteiger partial charge on any atom is -0.481 e. The Morgan fingerprint density at radius 1 is 1.07 bits per heavy atom. The topological polar surface area (TPSA) is 127 Å². The monoisotopic (exact) mass is 208 g/mol. The Balaban J connectivity index is 2.65. The second-order valence-corrected chi connectivity index (χ2v) is 3.13. The Kier molecular flexibility index (Phi) is 3.40. The van der Waals surface area contributed by atoms with E-state index >= 15 is 0 Å². The standard InChI is InChI=1S/C7H12O7/c8-3(9)1-2-4(10)5(11)6(12)7(13)14-2/h2,4-7,10-13H,1H2,(H,8,9)/t2-,4+,5+,6+,7-/m0/s1. The fourth-order valence-corrected chi connectivity index (χ4v) is 1.27. The number of hydrogen-bond donors (Lipinski definition) is 5. The highest BCUT2D eigenvalue weighted by atomic mass is 16.6. The second kappa shape index (κ2) is 4.20. The number of carboxylic acid groups (broad SMARTS) is 1. The summed E-state index contributed by atoms with van der Waals surface area (Å²) in [7, 11) is 0. The van der Waals surface area contributed by atoms with Gasteiger partial charge in [0.15, 0.2) is 6.29 Å². The summed E-state index contributed by atoms with van der Waals surface area (Å²) in [6, 6.07) is 0. The fraction of sp³-hybridized carbons (Fsp3) is 0.857. The number of carbonyl (C=O) groups is 1. The van der Waals surface area contributed by atoms with Gasteiger partial charge in [-0.2, -0.15) is 0 Å². The SMILES string of the molecule is O=C(O)C[C@@H]1O[C@H](O)[C@H](O)[C@H](O)[C@@H]1O. The molecule has 7 nitrogen and oxygen atoms in total. The first kappa shape index (κ1) is 11.3. The summed E-state index contributed by atoms with van der Waals surface area (Å²) in [5, 5.41) is 44.9. The van der Waals surface area contributed by atoms with Gasteiger partial charge in [-0.25, -0.2) is 0 Å². The number of aliphatic hydroxyl groups is 4. The molecule has 5 atom stereocenters. The summed E-state index contributed by atoms with van der Waals surface area (Å²) in [6.07, 6.45) is -8.22. The molecule has 0 aliphatic carbocycles. The maximum absolute atomic E-state index is 10.3. The van der Waals surface area contributed by atoms with Crippen LogP contribution in [0.4, 0.5) is 0 Å². The van der Waals surface area contributed by atoms with E-state index in [2.05, 4.69) is 4.74 Å². The van der Waals surface area contributed by atoms with Crippen LogP contribution in [0.15, 0.2) is 0 Å². The molecule has 0 amide bonds. The van der Waals surface area contributed by atoms with Crippen LogP contribution in [-0.4, -0.2) is 62.2 Å². The van der Waals surface area contributed by atoms with Crippen molar-refractivity contribution in [2.45, 2.75) is 37.1 Å². The lowest BCUT2D eigenvalue weighted by atomic mass is 9.97. The minimum atomic E-state index is -1.68. The molecule has 82 valence electrons. The lowest BCUT2D eigenvalue weighted by Gasteiger charge is -2.37. The van der Waals surface area contributed by atoms with Gasteiger partial charge in [0.2, 0.25) is 0 Å². The molecule has 0 aromatic rings. The predicted molar refractivity (Wildman–Crippen MR) is 41.2 cm³/mol. The van der Waals surface area contributed by atoms with E-state index in [0.29, 0.717) is 0 Å². The number of ether oxygens (including phenoxy) is 1. The van der Waals surface area contributed by atoms with Crippen LogP contribution in [0.2, 0.25) is 0 Å². The largest absolute Gasteiger partial charge is 0.481 e. The summed E-state index contributed by atoms with van der Waals surface area (Å²) in [5.41, 5.74) is 0. The van der Waals surface area contributed by atoms with Gasteiger partial charge in [0.1, 0.15) is 18.3 Å². The van der Waals surface area contributed by atoms with Crippen LogP contribution in [0, 0.1) is 0 Å². The van der Waals surface area contributed by atoms with Gasteiger partial charge in [-0.3, -0.25) is 4.79 Å². The zero-order chi connectivity index (χ0) is 10.9. The van der Waals surface area contributed by atoms with Crippen LogP contribution in [0.25, 0.3) is 0 Å². The van der Waals surface area contributed by atoms with Crippen LogP contribution in [-0.2, 0) is 9.53 Å². The summed E-state index contributed by atoms with van der Waals surface area (Å²) in [6.45, 7) is 0. The van der Waals surface area contributed by atoms with Crippen LogP contribution in [0.3, 0.4) is 0 Å². The van der Waals surface area contributed by atoms with Crippen molar-refractivity contribution in [2.24, 2.45) is 0 Å². The van der Waals surface area contributed by atoms with Crippen molar-refractivity contribution < 1.29 is 35.1 Å². The van der Waals surface area contributed by atoms with Crippen molar-refractivity contribution >= 4 is 5.97 Å². The van der Waals surface area contributed by atoms with Crippen molar-refractivity contribution in [1.29, 1.82) is 0 Å². The number of aliphatic hydroxyl groups excluding tert-OH is 4. The maximum atomic E-state index is 10.3. The normalized spacial score (nSPS) is 43.6. The van der Waals surface area contributed by atoms with E-state index in [9.17, 15) is 9.90 Å². The first-order chi connectivity index (χ1) is 6.43. The molecule has 0 aromatic heterocycles. The molecule has 5 N–H and O–H groups in total. The molecule has 0 aromatic carbocycles. The quantitative estimate of drug-likeness (QED) is 0.333. The van der Waals surface area contributed by atoms with E-state index in [1.165, 1.54) is 0 Å². The zero-order valence-electron chi connectivity index (χ0n) is 7.15. The predicted octanol–water partition coefficient (Wildman–Crippen LogP) is -2.74. The first-order valence-electron chi connectivity index (χ1n) is 4.03. The molecule has 0 bridgehead atoms. The van der Waals surface area contributed by atoms with E-state index in [0.717, 1.165) is 0 Å². The Bertz CT molecular complexity index is 218. The molecule has 0 radical (unpaired) electrons. The molecule has 0 unspecified atom stereocenters. The molecule has 1 aliphatic heterocycles. The van der Waals surface area contributed by atoms with E-state index in [1.807, 2.05) is 0 Å². The Morgan fingerprint density at radius 3 is 2.14 bits per heavy atom. The van der Waals surface area contributed by atoms with Crippen molar-refractivity contribution in [3.8, 4) is 0 Å². The summed E-state index contributed by atoms with van der Waals surface area (Å²) in [5.74, 6) is -1.23. The lowest BCUT2D eigenvalue weighted by molar-refractivity contribution is -0.282. The minimum absolute atomic E-state index is 0.554. The number of carboxylic acids is 1. The van der Waals surface area contributed by atoms with E-state index < -0.39 is 43.1 Å². The zero-order valence-corrected chi connectivity index (χ0v) is 7.15. The van der Waals surface area contributed by atoms with Crippen LogP contribution < -0.4 is 0 Å². The first-order valence-corrected chi connectivity index (χ1v) is 4.03. The Hall–Kier alpha value is -0.730. The molecule has 1 fully saturated rings. The van der Waals surface area contributed by atoms with Gasteiger partial charge < -0.3 is 30.3 Å². The van der Waals surface area contributed by atoms with Gasteiger partial charge in [-0.1, -0.05) is 0 Å². The highest BCUT2D eigenvalue weighted by Crippen LogP contribution is 2.21. The van der Waals surface area contributed by atoms with Gasteiger partial charge in [-0.15, -0.1) is 0 Å². The van der Waals surface area contributed by atoms with Gasteiger partial charge in [0.05, 0.1) is 12.5 Å². The van der Waals surface area contributed by atoms with E-state index in [1.54, 1.807) is 0 Å². The number of rotatable bonds is 2. The third-order valence-corrected chi connectivity index (χ3v) is 2.06. The summed E-state index contributed by atoms with van der Waals surface area (Å²) >= 11 is 0. The molecule has 1 heterocycles. The average Bonchev–Trinajstić information content (AvgIpc) is 2.10. The molecular formula is C7H12O7. The lowest BCUT2D eigenvalue weighted by Crippen LogP contribution is -2.57. The third kappa shape index (κ3) is 2.20. The summed E-state index contributed by atoms with van der Waals surface area (Å²) < 4.78 is 4.61. The Labute approximate surface area is 79.2 Å². The van der Waals surface area contributed by atoms with Crippen LogP contribution in [0.5, 0.6) is 0 Å². The van der Waals surface area contributed by atoms with Gasteiger partial charge in [-0.05, 0) is 0 Å². The number of aliphatic carboxylic acids is 1. The Morgan fingerprint density at radius 2 is 1.64 bits per heavy atom. The molecular weight excluding hydrogens is 196 g/mol. The van der Waals surface area contributed by atoms with Crippen LogP contribution in [0.1, 0.15) is 6.42 Å². The van der Waals surface area contributed by atoms with Gasteiger partial charge in [0.25, 0.3) is 0 Å². The maximum Gasteiger partial charge on any atom is 0.306 e. The smallest absolute Gasteiger partial charge is 0.306 e. The summed E-state index contributed by atoms with van der Waals surface area (Å²) in [4.78, 5) is 10.3. The molecule has 0 saturated carbocycles. The molecule has 1 saturated heterocycles. The second-order valence-electron chi connectivity index (χ2n) is 3.13. The van der Waals surface area contributed by atoms with E-state index in [4.69, 9.17) is 20.4 Å². The van der Waals surface area contributed by atoms with Crippen molar-refractivity contribution in [3.05, 3.63) is 0 Å². The van der Waals surface area contributed by atoms with Crippen molar-refractivity contribution in [3.63, 3.8) is 0 Å². The van der Waals surface area contributed by atoms with Crippen molar-refractivity contribution in [1.82, 2.24) is 0 Å². The molecule has 7 heteroatoms. The fourth-order valence-electron chi connectivity index (χ4n) is 1.27. The van der Waals surface area contributed by atoms with E-state index in [-0.39, 0.29) is 0 Å². The highest BCUT2D eigenvalue weighted by molar-refractivity contribution is 5.67. The molecule has 0 spiro atoms. The third-order valence-electron chi connectivity index (χ3n) is 2.06. The molecule has 14 heavy (non-hydrogen) atoms. The highest BCUT2D eigenvalue weighted by Gasteiger charge is 2.43. The number of hydrogen-bond acceptors (Lipinski definition) is 6. The van der Waals surface area contributed by atoms with Gasteiger partial charge >= 0.3 is 5.97 Å². The van der Waals surface area contributed by atoms with Crippen LogP contribution >= 0.6 is 0 Å².